The quantitative estimate of drug-likeness (QED) is 0.912. The number of rotatable bonds is 4. The van der Waals surface area contributed by atoms with E-state index in [0.717, 1.165) is 5.56 Å². The molecule has 6 heteroatoms. The van der Waals surface area contributed by atoms with Crippen LogP contribution in [0.3, 0.4) is 0 Å². The molecule has 2 rings (SSSR count). The predicted molar refractivity (Wildman–Crippen MR) is 81.3 cm³/mol. The SMILES string of the molecule is Cc1cc(Cl)ccc1S(=O)(=O)Nc1cccc(CN)c1. The highest BCUT2D eigenvalue weighted by Crippen LogP contribution is 2.22. The highest BCUT2D eigenvalue weighted by molar-refractivity contribution is 7.92. The van der Waals surface area contributed by atoms with E-state index in [1.54, 1.807) is 37.3 Å². The van der Waals surface area contributed by atoms with Crippen LogP contribution in [-0.4, -0.2) is 8.42 Å². The molecule has 0 atom stereocenters. The van der Waals surface area contributed by atoms with Gasteiger partial charge < -0.3 is 5.73 Å². The lowest BCUT2D eigenvalue weighted by molar-refractivity contribution is 0.600. The maximum absolute atomic E-state index is 12.3. The summed E-state index contributed by atoms with van der Waals surface area (Å²) >= 11 is 5.84. The summed E-state index contributed by atoms with van der Waals surface area (Å²) in [5, 5.41) is 0.506. The Morgan fingerprint density at radius 2 is 1.95 bits per heavy atom. The van der Waals surface area contributed by atoms with E-state index in [9.17, 15) is 8.42 Å². The average Bonchev–Trinajstić information content (AvgIpc) is 2.37. The molecule has 0 aliphatic rings. The number of nitrogens with one attached hydrogen (secondary N) is 1. The van der Waals surface area contributed by atoms with E-state index in [4.69, 9.17) is 17.3 Å². The van der Waals surface area contributed by atoms with Crippen LogP contribution in [0.2, 0.25) is 5.02 Å². The third kappa shape index (κ3) is 3.30. The Labute approximate surface area is 123 Å². The van der Waals surface area contributed by atoms with Crippen LogP contribution in [0.5, 0.6) is 0 Å². The lowest BCUT2D eigenvalue weighted by Crippen LogP contribution is -2.14. The molecule has 4 nitrogen and oxygen atoms in total. The average molecular weight is 311 g/mol. The molecule has 0 saturated heterocycles. The minimum atomic E-state index is -3.64. The van der Waals surface area contributed by atoms with Gasteiger partial charge >= 0.3 is 0 Å². The number of aryl methyl sites for hydroxylation is 1. The van der Waals surface area contributed by atoms with E-state index in [1.165, 1.54) is 6.07 Å². The van der Waals surface area contributed by atoms with Crippen molar-refractivity contribution < 1.29 is 8.42 Å². The summed E-state index contributed by atoms with van der Waals surface area (Å²) in [4.78, 5) is 0.208. The smallest absolute Gasteiger partial charge is 0.262 e. The van der Waals surface area contributed by atoms with Gasteiger partial charge in [-0.25, -0.2) is 8.42 Å². The first-order valence-electron chi connectivity index (χ1n) is 6.00. The molecule has 0 bridgehead atoms. The first-order chi connectivity index (χ1) is 9.42. The van der Waals surface area contributed by atoms with Crippen LogP contribution in [-0.2, 0) is 16.6 Å². The van der Waals surface area contributed by atoms with Crippen LogP contribution >= 0.6 is 11.6 Å². The van der Waals surface area contributed by atoms with Crippen molar-refractivity contribution >= 4 is 27.3 Å². The zero-order valence-corrected chi connectivity index (χ0v) is 12.5. The van der Waals surface area contributed by atoms with E-state index in [0.29, 0.717) is 22.8 Å². The van der Waals surface area contributed by atoms with Crippen LogP contribution < -0.4 is 10.5 Å². The third-order valence-corrected chi connectivity index (χ3v) is 4.62. The molecule has 0 aliphatic carbocycles. The van der Waals surface area contributed by atoms with Gasteiger partial charge in [0.05, 0.1) is 4.90 Å². The fourth-order valence-corrected chi connectivity index (χ4v) is 3.39. The molecule has 0 amide bonds. The van der Waals surface area contributed by atoms with Gasteiger partial charge in [0, 0.05) is 17.3 Å². The molecular formula is C14H15ClN2O2S. The third-order valence-electron chi connectivity index (χ3n) is 2.84. The largest absolute Gasteiger partial charge is 0.326 e. The Hall–Kier alpha value is -1.56. The van der Waals surface area contributed by atoms with Gasteiger partial charge in [0.25, 0.3) is 10.0 Å². The van der Waals surface area contributed by atoms with Crippen molar-refractivity contribution in [1.29, 1.82) is 0 Å². The Balaban J connectivity index is 2.35. The first kappa shape index (κ1) is 14.8. The van der Waals surface area contributed by atoms with Crippen molar-refractivity contribution in [2.24, 2.45) is 5.73 Å². The van der Waals surface area contributed by atoms with Gasteiger partial charge in [-0.1, -0.05) is 23.7 Å². The lowest BCUT2D eigenvalue weighted by atomic mass is 10.2. The predicted octanol–water partition coefficient (Wildman–Crippen LogP) is 2.91. The Bertz CT molecular complexity index is 730. The van der Waals surface area contributed by atoms with Gasteiger partial charge in [0.2, 0.25) is 0 Å². The molecule has 0 unspecified atom stereocenters. The summed E-state index contributed by atoms with van der Waals surface area (Å²) in [6.45, 7) is 2.06. The Kier molecular flexibility index (Phi) is 4.32. The van der Waals surface area contributed by atoms with Gasteiger partial charge in [-0.3, -0.25) is 4.72 Å². The number of hydrogen-bond acceptors (Lipinski definition) is 3. The summed E-state index contributed by atoms with van der Waals surface area (Å²) in [6, 6.07) is 11.7. The number of halogens is 1. The van der Waals surface area contributed by atoms with Crippen molar-refractivity contribution in [2.75, 3.05) is 4.72 Å². The number of anilines is 1. The summed E-state index contributed by atoms with van der Waals surface area (Å²) in [6.07, 6.45) is 0. The van der Waals surface area contributed by atoms with E-state index in [2.05, 4.69) is 4.72 Å². The maximum atomic E-state index is 12.3. The van der Waals surface area contributed by atoms with Crippen molar-refractivity contribution in [1.82, 2.24) is 0 Å². The molecule has 0 saturated carbocycles. The van der Waals surface area contributed by atoms with Crippen LogP contribution in [0.15, 0.2) is 47.4 Å². The number of sulfonamides is 1. The van der Waals surface area contributed by atoms with Gasteiger partial charge in [0.1, 0.15) is 0 Å². The fraction of sp³-hybridized carbons (Fsp3) is 0.143. The number of benzene rings is 2. The minimum absolute atomic E-state index is 0.208. The Morgan fingerprint density at radius 3 is 2.60 bits per heavy atom. The van der Waals surface area contributed by atoms with Crippen molar-refractivity contribution in [3.8, 4) is 0 Å². The molecule has 0 aliphatic heterocycles. The second-order valence-corrected chi connectivity index (χ2v) is 6.51. The minimum Gasteiger partial charge on any atom is -0.326 e. The van der Waals surface area contributed by atoms with Crippen LogP contribution in [0.1, 0.15) is 11.1 Å². The molecule has 20 heavy (non-hydrogen) atoms. The monoisotopic (exact) mass is 310 g/mol. The standard InChI is InChI=1S/C14H15ClN2O2S/c1-10-7-12(15)5-6-14(10)20(18,19)17-13-4-2-3-11(8-13)9-16/h2-8,17H,9,16H2,1H3. The molecule has 0 heterocycles. The highest BCUT2D eigenvalue weighted by atomic mass is 35.5. The Morgan fingerprint density at radius 1 is 1.20 bits per heavy atom. The zero-order valence-electron chi connectivity index (χ0n) is 10.9. The fourth-order valence-electron chi connectivity index (χ4n) is 1.89. The molecule has 0 spiro atoms. The molecule has 2 aromatic rings. The first-order valence-corrected chi connectivity index (χ1v) is 7.86. The molecule has 2 aromatic carbocycles. The van der Waals surface area contributed by atoms with Crippen LogP contribution in [0.4, 0.5) is 5.69 Å². The number of hydrogen-bond donors (Lipinski definition) is 2. The molecule has 106 valence electrons. The van der Waals surface area contributed by atoms with E-state index in [1.807, 2.05) is 6.07 Å². The summed E-state index contributed by atoms with van der Waals surface area (Å²) < 4.78 is 27.2. The van der Waals surface area contributed by atoms with E-state index in [-0.39, 0.29) is 4.90 Å². The van der Waals surface area contributed by atoms with Gasteiger partial charge in [-0.05, 0) is 48.4 Å². The molecule has 0 fully saturated rings. The summed E-state index contributed by atoms with van der Waals surface area (Å²) in [5.74, 6) is 0. The highest BCUT2D eigenvalue weighted by Gasteiger charge is 2.17. The maximum Gasteiger partial charge on any atom is 0.262 e. The molecule has 0 radical (unpaired) electrons. The normalized spacial score (nSPS) is 11.3. The van der Waals surface area contributed by atoms with Crippen LogP contribution in [0.25, 0.3) is 0 Å². The van der Waals surface area contributed by atoms with Gasteiger partial charge in [0.15, 0.2) is 0 Å². The molecule has 3 N–H and O–H groups in total. The van der Waals surface area contributed by atoms with Crippen molar-refractivity contribution in [2.45, 2.75) is 18.4 Å². The summed E-state index contributed by atoms with van der Waals surface area (Å²) in [7, 11) is -3.64. The second kappa shape index (κ2) is 5.83. The van der Waals surface area contributed by atoms with E-state index < -0.39 is 10.0 Å². The van der Waals surface area contributed by atoms with E-state index >= 15 is 0 Å². The number of nitrogens with two attached hydrogens (primary N) is 1. The van der Waals surface area contributed by atoms with Crippen molar-refractivity contribution in [3.05, 3.63) is 58.6 Å². The van der Waals surface area contributed by atoms with Gasteiger partial charge in [-0.15, -0.1) is 0 Å². The summed E-state index contributed by atoms with van der Waals surface area (Å²) in [5.41, 5.74) is 7.49. The van der Waals surface area contributed by atoms with Gasteiger partial charge in [-0.2, -0.15) is 0 Å². The zero-order chi connectivity index (χ0) is 14.8. The topological polar surface area (TPSA) is 72.2 Å². The molecular weight excluding hydrogens is 296 g/mol. The molecule has 0 aromatic heterocycles. The van der Waals surface area contributed by atoms with Crippen LogP contribution in [0, 0.1) is 6.92 Å². The second-order valence-electron chi connectivity index (χ2n) is 4.42. The van der Waals surface area contributed by atoms with Crippen molar-refractivity contribution in [3.63, 3.8) is 0 Å². The lowest BCUT2D eigenvalue weighted by Gasteiger charge is -2.11.